The van der Waals surface area contributed by atoms with Crippen molar-refractivity contribution in [2.45, 2.75) is 31.0 Å². The zero-order valence-corrected chi connectivity index (χ0v) is 12.3. The molecule has 0 N–H and O–H groups in total. The Hall–Kier alpha value is -2.04. The lowest BCUT2D eigenvalue weighted by atomic mass is 10.3. The maximum absolute atomic E-state index is 12.3. The average molecular weight is 336 g/mol. The van der Waals surface area contributed by atoms with Gasteiger partial charge in [0.2, 0.25) is 5.82 Å². The van der Waals surface area contributed by atoms with Crippen LogP contribution in [0.4, 0.5) is 13.2 Å². The first-order valence-electron chi connectivity index (χ1n) is 6.03. The molecule has 0 saturated heterocycles. The fourth-order valence-electron chi connectivity index (χ4n) is 1.35. The monoisotopic (exact) mass is 336 g/mol. The lowest BCUT2D eigenvalue weighted by molar-refractivity contribution is -0.159. The predicted octanol–water partition coefficient (Wildman–Crippen LogP) is 1.87. The van der Waals surface area contributed by atoms with E-state index in [2.05, 4.69) is 24.6 Å². The van der Waals surface area contributed by atoms with Gasteiger partial charge in [0.25, 0.3) is 0 Å². The van der Waals surface area contributed by atoms with Gasteiger partial charge >= 0.3 is 12.1 Å². The van der Waals surface area contributed by atoms with Gasteiger partial charge < -0.3 is 4.52 Å². The molecule has 0 saturated carbocycles. The van der Waals surface area contributed by atoms with E-state index in [1.54, 1.807) is 0 Å². The Morgan fingerprint density at radius 3 is 2.27 bits per heavy atom. The van der Waals surface area contributed by atoms with E-state index in [4.69, 9.17) is 0 Å². The molecule has 0 aromatic carbocycles. The molecule has 11 heteroatoms. The number of nitrogens with zero attached hydrogens (tertiary/aromatic N) is 4. The molecular formula is C11H11F3N4O3S. The van der Waals surface area contributed by atoms with Crippen LogP contribution in [0.5, 0.6) is 0 Å². The average Bonchev–Trinajstić information content (AvgIpc) is 2.88. The van der Waals surface area contributed by atoms with Gasteiger partial charge in [-0.05, 0) is 13.8 Å². The number of rotatable bonds is 4. The predicted molar refractivity (Wildman–Crippen MR) is 68.1 cm³/mol. The summed E-state index contributed by atoms with van der Waals surface area (Å²) < 4.78 is 64.6. The van der Waals surface area contributed by atoms with Crippen LogP contribution in [0.1, 0.15) is 25.6 Å². The minimum atomic E-state index is -4.74. The number of hydrogen-bond acceptors (Lipinski definition) is 7. The zero-order chi connectivity index (χ0) is 16.5. The summed E-state index contributed by atoms with van der Waals surface area (Å²) in [5.41, 5.74) is 0.0879. The van der Waals surface area contributed by atoms with Gasteiger partial charge in [-0.15, -0.1) is 0 Å². The van der Waals surface area contributed by atoms with Crippen molar-refractivity contribution in [1.82, 2.24) is 20.1 Å². The molecule has 0 bridgehead atoms. The summed E-state index contributed by atoms with van der Waals surface area (Å²) in [5, 5.41) is 2.60. The fraction of sp³-hybridized carbons (Fsp3) is 0.455. The minimum absolute atomic E-state index is 0.0389. The van der Waals surface area contributed by atoms with Gasteiger partial charge in [-0.1, -0.05) is 5.16 Å². The first-order valence-corrected chi connectivity index (χ1v) is 7.75. The molecular weight excluding hydrogens is 325 g/mol. The number of aromatic nitrogens is 4. The van der Waals surface area contributed by atoms with Gasteiger partial charge in [-0.2, -0.15) is 18.2 Å². The van der Waals surface area contributed by atoms with Gasteiger partial charge in [-0.3, -0.25) is 0 Å². The maximum atomic E-state index is 12.3. The van der Waals surface area contributed by atoms with Gasteiger partial charge in [0.1, 0.15) is 11.6 Å². The highest BCUT2D eigenvalue weighted by molar-refractivity contribution is 7.91. The van der Waals surface area contributed by atoms with E-state index in [1.807, 2.05) is 0 Å². The molecule has 2 aromatic rings. The van der Waals surface area contributed by atoms with Crippen LogP contribution in [0.2, 0.25) is 0 Å². The number of halogens is 3. The van der Waals surface area contributed by atoms with Crippen molar-refractivity contribution in [1.29, 1.82) is 0 Å². The second kappa shape index (κ2) is 5.63. The van der Waals surface area contributed by atoms with E-state index < -0.39 is 27.2 Å². The molecule has 2 heterocycles. The van der Waals surface area contributed by atoms with Crippen molar-refractivity contribution in [3.05, 3.63) is 24.1 Å². The van der Waals surface area contributed by atoms with Gasteiger partial charge in [0, 0.05) is 12.4 Å². The zero-order valence-electron chi connectivity index (χ0n) is 11.5. The largest absolute Gasteiger partial charge is 0.471 e. The quantitative estimate of drug-likeness (QED) is 0.840. The Balaban J connectivity index is 2.21. The highest BCUT2D eigenvalue weighted by atomic mass is 32.2. The van der Waals surface area contributed by atoms with Crippen molar-refractivity contribution >= 4 is 9.84 Å². The number of hydrogen-bond donors (Lipinski definition) is 0. The lowest BCUT2D eigenvalue weighted by Crippen LogP contribution is -2.17. The third-order valence-electron chi connectivity index (χ3n) is 2.68. The van der Waals surface area contributed by atoms with Gasteiger partial charge in [0.05, 0.1) is 10.8 Å². The molecule has 2 aromatic heterocycles. The summed E-state index contributed by atoms with van der Waals surface area (Å²) in [5.74, 6) is -2.12. The SMILES string of the molecule is CC(C)S(=O)(=O)Cc1ncc(-c2noc(C(F)(F)F)n2)cn1. The second-order valence-corrected chi connectivity index (χ2v) is 7.22. The molecule has 0 fully saturated rings. The molecule has 0 atom stereocenters. The first-order chi connectivity index (χ1) is 10.1. The fourth-order valence-corrected chi connectivity index (χ4v) is 2.19. The van der Waals surface area contributed by atoms with Crippen LogP contribution in [-0.4, -0.2) is 33.8 Å². The van der Waals surface area contributed by atoms with Crippen LogP contribution in [0.15, 0.2) is 16.9 Å². The van der Waals surface area contributed by atoms with E-state index in [0.717, 1.165) is 12.4 Å². The Morgan fingerprint density at radius 1 is 1.23 bits per heavy atom. The molecule has 0 unspecified atom stereocenters. The summed E-state index contributed by atoms with van der Waals surface area (Å²) >= 11 is 0. The van der Waals surface area contributed by atoms with E-state index >= 15 is 0 Å². The first kappa shape index (κ1) is 16.3. The van der Waals surface area contributed by atoms with Crippen LogP contribution < -0.4 is 0 Å². The van der Waals surface area contributed by atoms with E-state index in [1.165, 1.54) is 13.8 Å². The smallest absolute Gasteiger partial charge is 0.329 e. The summed E-state index contributed by atoms with van der Waals surface area (Å²) in [7, 11) is -3.37. The molecule has 7 nitrogen and oxygen atoms in total. The number of alkyl halides is 3. The normalized spacial score (nSPS) is 12.8. The molecule has 0 aliphatic carbocycles. The van der Waals surface area contributed by atoms with E-state index in [0.29, 0.717) is 0 Å². The van der Waals surface area contributed by atoms with Gasteiger partial charge in [0.15, 0.2) is 9.84 Å². The Morgan fingerprint density at radius 2 is 1.82 bits per heavy atom. The van der Waals surface area contributed by atoms with Crippen LogP contribution in [-0.2, 0) is 21.8 Å². The highest BCUT2D eigenvalue weighted by Crippen LogP contribution is 2.29. The topological polar surface area (TPSA) is 98.8 Å². The van der Waals surface area contributed by atoms with E-state index in [-0.39, 0.29) is 23.0 Å². The molecule has 0 amide bonds. The second-order valence-electron chi connectivity index (χ2n) is 4.66. The molecule has 0 aliphatic rings. The molecule has 0 radical (unpaired) electrons. The van der Waals surface area contributed by atoms with E-state index in [9.17, 15) is 21.6 Å². The van der Waals surface area contributed by atoms with Crippen molar-refractivity contribution in [3.8, 4) is 11.4 Å². The minimum Gasteiger partial charge on any atom is -0.329 e. The van der Waals surface area contributed by atoms with Gasteiger partial charge in [-0.25, -0.2) is 18.4 Å². The molecule has 0 aliphatic heterocycles. The van der Waals surface area contributed by atoms with Crippen molar-refractivity contribution in [2.24, 2.45) is 0 Å². The summed E-state index contributed by atoms with van der Waals surface area (Å²) in [6.45, 7) is 3.06. The van der Waals surface area contributed by atoms with Crippen LogP contribution in [0.25, 0.3) is 11.4 Å². The summed E-state index contributed by atoms with van der Waals surface area (Å²) in [6, 6.07) is 0. The van der Waals surface area contributed by atoms with Crippen LogP contribution >= 0.6 is 0 Å². The Labute approximate surface area is 123 Å². The third-order valence-corrected chi connectivity index (χ3v) is 4.78. The molecule has 120 valence electrons. The van der Waals surface area contributed by atoms with Crippen molar-refractivity contribution < 1.29 is 26.1 Å². The maximum Gasteiger partial charge on any atom is 0.471 e. The van der Waals surface area contributed by atoms with Crippen LogP contribution in [0.3, 0.4) is 0 Å². The highest BCUT2D eigenvalue weighted by Gasteiger charge is 2.38. The van der Waals surface area contributed by atoms with Crippen LogP contribution in [0, 0.1) is 0 Å². The molecule has 22 heavy (non-hydrogen) atoms. The van der Waals surface area contributed by atoms with Crippen molar-refractivity contribution in [3.63, 3.8) is 0 Å². The lowest BCUT2D eigenvalue weighted by Gasteiger charge is -2.06. The Kier molecular flexibility index (Phi) is 4.18. The number of sulfone groups is 1. The molecule has 2 rings (SSSR count). The third kappa shape index (κ3) is 3.59. The summed E-state index contributed by atoms with van der Waals surface area (Å²) in [4.78, 5) is 10.8. The Bertz CT molecular complexity index is 754. The standard InChI is InChI=1S/C11H11F3N4O3S/c1-6(2)22(19,20)5-8-15-3-7(4-16-8)9-17-10(21-18-9)11(12,13)14/h3-4,6H,5H2,1-2H3. The summed E-state index contributed by atoms with van der Waals surface area (Å²) in [6.07, 6.45) is -2.45. The van der Waals surface area contributed by atoms with Crippen molar-refractivity contribution in [2.75, 3.05) is 0 Å². The molecule has 0 spiro atoms.